The smallest absolute Gasteiger partial charge is 0.257 e. The molecular weight excluding hydrogens is 288 g/mol. The van der Waals surface area contributed by atoms with Crippen LogP contribution in [-0.2, 0) is 0 Å². The van der Waals surface area contributed by atoms with Gasteiger partial charge in [-0.05, 0) is 50.1 Å². The number of benzene rings is 1. The quantitative estimate of drug-likeness (QED) is 0.806. The molecule has 0 fully saturated rings. The summed E-state index contributed by atoms with van der Waals surface area (Å²) in [7, 11) is 0. The fraction of sp³-hybridized carbons (Fsp3) is 0.167. The molecule has 0 aliphatic rings. The van der Waals surface area contributed by atoms with Crippen molar-refractivity contribution < 1.29 is 4.79 Å². The van der Waals surface area contributed by atoms with E-state index in [-0.39, 0.29) is 5.91 Å². The Morgan fingerprint density at radius 1 is 1.13 bits per heavy atom. The number of carbonyl (C=O) groups excluding carboxylic acids is 1. The van der Waals surface area contributed by atoms with Crippen LogP contribution in [0.5, 0.6) is 0 Å². The summed E-state index contributed by atoms with van der Waals surface area (Å²) in [5.41, 5.74) is 4.66. The first kappa shape index (κ1) is 15.0. The Balaban J connectivity index is 1.81. The van der Waals surface area contributed by atoms with Gasteiger partial charge >= 0.3 is 0 Å². The summed E-state index contributed by atoms with van der Waals surface area (Å²) in [6.45, 7) is 6.03. The highest BCUT2D eigenvalue weighted by molar-refractivity contribution is 6.04. The first-order valence-electron chi connectivity index (χ1n) is 7.40. The third-order valence-corrected chi connectivity index (χ3v) is 3.66. The molecule has 116 valence electrons. The van der Waals surface area contributed by atoms with Gasteiger partial charge in [0.1, 0.15) is 0 Å². The largest absolute Gasteiger partial charge is 0.321 e. The van der Waals surface area contributed by atoms with Gasteiger partial charge in [0.05, 0.1) is 5.56 Å². The second-order valence-electron chi connectivity index (χ2n) is 5.58. The molecule has 3 aromatic rings. The van der Waals surface area contributed by atoms with E-state index >= 15 is 0 Å². The minimum atomic E-state index is -0.167. The molecule has 1 N–H and O–H groups in total. The van der Waals surface area contributed by atoms with Gasteiger partial charge in [0.2, 0.25) is 0 Å². The molecule has 0 unspecified atom stereocenters. The van der Waals surface area contributed by atoms with Crippen LogP contribution in [0.3, 0.4) is 0 Å². The lowest BCUT2D eigenvalue weighted by molar-refractivity contribution is 0.102. The van der Waals surface area contributed by atoms with E-state index in [0.717, 1.165) is 16.8 Å². The van der Waals surface area contributed by atoms with Gasteiger partial charge in [0.25, 0.3) is 5.91 Å². The zero-order valence-corrected chi connectivity index (χ0v) is 13.4. The lowest BCUT2D eigenvalue weighted by Crippen LogP contribution is -2.14. The van der Waals surface area contributed by atoms with Crippen LogP contribution in [0, 0.1) is 20.8 Å². The molecule has 0 saturated heterocycles. The van der Waals surface area contributed by atoms with Crippen LogP contribution < -0.4 is 5.32 Å². The SMILES string of the molecule is Cc1cc(C)c(NC(=O)c2ccc(-n3cccn3)nc2)c(C)c1. The lowest BCUT2D eigenvalue weighted by atomic mass is 10.0. The summed E-state index contributed by atoms with van der Waals surface area (Å²) < 4.78 is 1.65. The van der Waals surface area contributed by atoms with E-state index in [1.807, 2.05) is 26.8 Å². The standard InChI is InChI=1S/C18H18N4O/c1-12-9-13(2)17(14(3)10-12)21-18(23)15-5-6-16(19-11-15)22-8-4-7-20-22/h4-11H,1-3H3,(H,21,23). The molecule has 0 saturated carbocycles. The number of aryl methyl sites for hydroxylation is 3. The number of hydrogen-bond donors (Lipinski definition) is 1. The molecular formula is C18H18N4O. The van der Waals surface area contributed by atoms with Gasteiger partial charge in [-0.2, -0.15) is 5.10 Å². The van der Waals surface area contributed by atoms with E-state index in [4.69, 9.17) is 0 Å². The number of rotatable bonds is 3. The maximum absolute atomic E-state index is 12.4. The molecule has 0 atom stereocenters. The van der Waals surface area contributed by atoms with E-state index < -0.39 is 0 Å². The number of anilines is 1. The summed E-state index contributed by atoms with van der Waals surface area (Å²) in [4.78, 5) is 16.7. The normalized spacial score (nSPS) is 10.6. The van der Waals surface area contributed by atoms with Crippen molar-refractivity contribution >= 4 is 11.6 Å². The van der Waals surface area contributed by atoms with Crippen LogP contribution in [0.1, 0.15) is 27.0 Å². The highest BCUT2D eigenvalue weighted by Crippen LogP contribution is 2.22. The van der Waals surface area contributed by atoms with Crippen LogP contribution in [0.4, 0.5) is 5.69 Å². The zero-order chi connectivity index (χ0) is 16.4. The molecule has 1 aromatic carbocycles. The van der Waals surface area contributed by atoms with Crippen molar-refractivity contribution in [1.29, 1.82) is 0 Å². The maximum atomic E-state index is 12.4. The van der Waals surface area contributed by atoms with E-state index in [0.29, 0.717) is 11.4 Å². The molecule has 0 aliphatic carbocycles. The Bertz CT molecular complexity index is 813. The average molecular weight is 306 g/mol. The van der Waals surface area contributed by atoms with Crippen LogP contribution in [-0.4, -0.2) is 20.7 Å². The molecule has 5 heteroatoms. The Hall–Kier alpha value is -2.95. The van der Waals surface area contributed by atoms with Crippen molar-refractivity contribution in [3.63, 3.8) is 0 Å². The molecule has 0 bridgehead atoms. The lowest BCUT2D eigenvalue weighted by Gasteiger charge is -2.13. The van der Waals surface area contributed by atoms with Crippen LogP contribution in [0.2, 0.25) is 0 Å². The molecule has 1 amide bonds. The number of pyridine rings is 1. The number of nitrogens with one attached hydrogen (secondary N) is 1. The number of carbonyl (C=O) groups is 1. The van der Waals surface area contributed by atoms with Crippen molar-refractivity contribution in [3.8, 4) is 5.82 Å². The van der Waals surface area contributed by atoms with Gasteiger partial charge in [-0.1, -0.05) is 17.7 Å². The molecule has 5 nitrogen and oxygen atoms in total. The van der Waals surface area contributed by atoms with E-state index in [1.165, 1.54) is 5.56 Å². The summed E-state index contributed by atoms with van der Waals surface area (Å²) in [6.07, 6.45) is 5.05. The third-order valence-electron chi connectivity index (χ3n) is 3.66. The summed E-state index contributed by atoms with van der Waals surface area (Å²) in [5.74, 6) is 0.508. The fourth-order valence-electron chi connectivity index (χ4n) is 2.62. The van der Waals surface area contributed by atoms with Crippen molar-refractivity contribution in [2.75, 3.05) is 5.32 Å². The van der Waals surface area contributed by atoms with Crippen LogP contribution >= 0.6 is 0 Å². The monoisotopic (exact) mass is 306 g/mol. The molecule has 23 heavy (non-hydrogen) atoms. The van der Waals surface area contributed by atoms with E-state index in [1.54, 1.807) is 35.4 Å². The van der Waals surface area contributed by atoms with Crippen molar-refractivity contribution in [3.05, 3.63) is 71.2 Å². The summed E-state index contributed by atoms with van der Waals surface area (Å²) >= 11 is 0. The Kier molecular flexibility index (Phi) is 3.93. The zero-order valence-electron chi connectivity index (χ0n) is 13.4. The second kappa shape index (κ2) is 6.04. The van der Waals surface area contributed by atoms with Crippen LogP contribution in [0.25, 0.3) is 5.82 Å². The Morgan fingerprint density at radius 3 is 2.43 bits per heavy atom. The number of nitrogens with zero attached hydrogens (tertiary/aromatic N) is 3. The average Bonchev–Trinajstić information content (AvgIpc) is 3.05. The van der Waals surface area contributed by atoms with Crippen molar-refractivity contribution in [2.24, 2.45) is 0 Å². The number of aromatic nitrogens is 3. The van der Waals surface area contributed by atoms with Crippen LogP contribution in [0.15, 0.2) is 48.9 Å². The summed E-state index contributed by atoms with van der Waals surface area (Å²) in [5, 5.41) is 7.09. The third kappa shape index (κ3) is 3.13. The fourth-order valence-corrected chi connectivity index (χ4v) is 2.62. The number of hydrogen-bond acceptors (Lipinski definition) is 3. The first-order valence-corrected chi connectivity index (χ1v) is 7.40. The maximum Gasteiger partial charge on any atom is 0.257 e. The van der Waals surface area contributed by atoms with Crippen molar-refractivity contribution in [1.82, 2.24) is 14.8 Å². The van der Waals surface area contributed by atoms with Gasteiger partial charge < -0.3 is 5.32 Å². The Labute approximate surface area is 135 Å². The molecule has 2 heterocycles. The highest BCUT2D eigenvalue weighted by atomic mass is 16.1. The minimum absolute atomic E-state index is 0.167. The van der Waals surface area contributed by atoms with Gasteiger partial charge in [-0.3, -0.25) is 4.79 Å². The van der Waals surface area contributed by atoms with Gasteiger partial charge in [0, 0.05) is 24.3 Å². The predicted octanol–water partition coefficient (Wildman–Crippen LogP) is 3.44. The van der Waals surface area contributed by atoms with Crippen molar-refractivity contribution in [2.45, 2.75) is 20.8 Å². The number of amides is 1. The highest BCUT2D eigenvalue weighted by Gasteiger charge is 2.11. The second-order valence-corrected chi connectivity index (χ2v) is 5.58. The summed E-state index contributed by atoms with van der Waals surface area (Å²) in [6, 6.07) is 9.46. The molecule has 0 aliphatic heterocycles. The topological polar surface area (TPSA) is 59.8 Å². The molecule has 0 radical (unpaired) electrons. The Morgan fingerprint density at radius 2 is 1.87 bits per heavy atom. The minimum Gasteiger partial charge on any atom is -0.321 e. The van der Waals surface area contributed by atoms with E-state index in [9.17, 15) is 4.79 Å². The van der Waals surface area contributed by atoms with E-state index in [2.05, 4.69) is 27.5 Å². The first-order chi connectivity index (χ1) is 11.0. The van der Waals surface area contributed by atoms with Gasteiger partial charge in [-0.25, -0.2) is 9.67 Å². The molecule has 2 aromatic heterocycles. The molecule has 3 rings (SSSR count). The predicted molar refractivity (Wildman–Crippen MR) is 90.0 cm³/mol. The van der Waals surface area contributed by atoms with Gasteiger partial charge in [-0.15, -0.1) is 0 Å². The molecule has 0 spiro atoms. The van der Waals surface area contributed by atoms with Gasteiger partial charge in [0.15, 0.2) is 5.82 Å².